The highest BCUT2D eigenvalue weighted by molar-refractivity contribution is 6.00. The molecule has 2 aromatic carbocycles. The van der Waals surface area contributed by atoms with Gasteiger partial charge in [-0.05, 0) is 21.2 Å². The molecule has 28 heavy (non-hydrogen) atoms. The van der Waals surface area contributed by atoms with Crippen LogP contribution in [0.4, 0.5) is 14.6 Å². The number of halogens is 2. The van der Waals surface area contributed by atoms with Crippen molar-refractivity contribution in [3.63, 3.8) is 0 Å². The van der Waals surface area contributed by atoms with Gasteiger partial charge in [0.05, 0.1) is 11.8 Å². The number of H-pyrrole nitrogens is 1. The largest absolute Gasteiger partial charge is 0.383 e. The van der Waals surface area contributed by atoms with Gasteiger partial charge in [-0.2, -0.15) is 9.61 Å². The Kier molecular flexibility index (Phi) is 3.51. The minimum Gasteiger partial charge on any atom is -0.383 e. The summed E-state index contributed by atoms with van der Waals surface area (Å²) in [4.78, 5) is 4.40. The molecule has 138 valence electrons. The van der Waals surface area contributed by atoms with Gasteiger partial charge < -0.3 is 5.73 Å². The molecule has 0 bridgehead atoms. The number of nitrogen functional groups attached to an aromatic ring is 1. The lowest BCUT2D eigenvalue weighted by molar-refractivity contribution is 0.152. The summed E-state index contributed by atoms with van der Waals surface area (Å²) in [5.74, 6) is 0.579. The van der Waals surface area contributed by atoms with Crippen LogP contribution in [0.5, 0.6) is 0 Å². The van der Waals surface area contributed by atoms with Crippen LogP contribution in [0.2, 0.25) is 0 Å². The van der Waals surface area contributed by atoms with Gasteiger partial charge in [-0.25, -0.2) is 18.9 Å². The SMILES string of the molecule is Nc1c(-c2c(C(F)F)ccc3ccccc23)cnc2c(-c3nnn[nH]3)cnn12. The first-order valence-corrected chi connectivity index (χ1v) is 8.31. The molecule has 0 aliphatic heterocycles. The van der Waals surface area contributed by atoms with Crippen molar-refractivity contribution >= 4 is 22.2 Å². The van der Waals surface area contributed by atoms with Crippen LogP contribution in [-0.2, 0) is 0 Å². The normalized spacial score (nSPS) is 11.7. The number of rotatable bonds is 3. The second-order valence-electron chi connectivity index (χ2n) is 6.15. The van der Waals surface area contributed by atoms with E-state index in [9.17, 15) is 8.78 Å². The molecule has 3 heterocycles. The second-order valence-corrected chi connectivity index (χ2v) is 6.15. The molecule has 0 spiro atoms. The van der Waals surface area contributed by atoms with Crippen molar-refractivity contribution in [2.75, 3.05) is 5.73 Å². The summed E-state index contributed by atoms with van der Waals surface area (Å²) in [5.41, 5.74) is 7.91. The van der Waals surface area contributed by atoms with Crippen LogP contribution in [0.3, 0.4) is 0 Å². The summed E-state index contributed by atoms with van der Waals surface area (Å²) in [5, 5.41) is 19.3. The number of tetrazole rings is 1. The fourth-order valence-corrected chi connectivity index (χ4v) is 3.35. The van der Waals surface area contributed by atoms with Crippen molar-refractivity contribution < 1.29 is 8.78 Å². The Morgan fingerprint density at radius 3 is 2.68 bits per heavy atom. The molecule has 0 saturated carbocycles. The van der Waals surface area contributed by atoms with E-state index in [2.05, 4.69) is 30.7 Å². The fourth-order valence-electron chi connectivity index (χ4n) is 3.35. The molecule has 0 saturated heterocycles. The van der Waals surface area contributed by atoms with E-state index >= 15 is 0 Å². The lowest BCUT2D eigenvalue weighted by Gasteiger charge is -2.15. The van der Waals surface area contributed by atoms with E-state index in [4.69, 9.17) is 5.73 Å². The highest BCUT2D eigenvalue weighted by Gasteiger charge is 2.22. The van der Waals surface area contributed by atoms with Crippen LogP contribution in [0.1, 0.15) is 12.0 Å². The molecule has 3 N–H and O–H groups in total. The zero-order valence-corrected chi connectivity index (χ0v) is 14.2. The summed E-state index contributed by atoms with van der Waals surface area (Å²) in [7, 11) is 0. The van der Waals surface area contributed by atoms with Crippen molar-refractivity contribution in [1.82, 2.24) is 35.2 Å². The number of nitrogens with two attached hydrogens (primary N) is 1. The van der Waals surface area contributed by atoms with E-state index in [1.165, 1.54) is 23.0 Å². The maximum absolute atomic E-state index is 13.8. The predicted octanol–water partition coefficient (Wildman–Crippen LogP) is 3.25. The Morgan fingerprint density at radius 2 is 1.89 bits per heavy atom. The van der Waals surface area contributed by atoms with Crippen molar-refractivity contribution in [3.05, 3.63) is 54.4 Å². The highest BCUT2D eigenvalue weighted by Crippen LogP contribution is 2.39. The molecule has 0 amide bonds. The molecule has 10 heteroatoms. The fraction of sp³-hybridized carbons (Fsp3) is 0.0556. The highest BCUT2D eigenvalue weighted by atomic mass is 19.3. The first-order valence-electron chi connectivity index (χ1n) is 8.31. The second kappa shape index (κ2) is 6.05. The third-order valence-corrected chi connectivity index (χ3v) is 4.63. The number of anilines is 1. The number of benzene rings is 2. The Labute approximate surface area is 156 Å². The van der Waals surface area contributed by atoms with E-state index in [-0.39, 0.29) is 11.4 Å². The van der Waals surface area contributed by atoms with Gasteiger partial charge in [-0.15, -0.1) is 5.10 Å². The summed E-state index contributed by atoms with van der Waals surface area (Å²) < 4.78 is 28.9. The smallest absolute Gasteiger partial charge is 0.264 e. The van der Waals surface area contributed by atoms with Crippen LogP contribution in [-0.4, -0.2) is 35.2 Å². The molecule has 0 unspecified atom stereocenters. The molecule has 5 rings (SSSR count). The minimum absolute atomic E-state index is 0.113. The summed E-state index contributed by atoms with van der Waals surface area (Å²) in [6.07, 6.45) is 0.331. The molecule has 0 aliphatic carbocycles. The van der Waals surface area contributed by atoms with E-state index in [0.717, 1.165) is 5.39 Å². The predicted molar refractivity (Wildman–Crippen MR) is 98.5 cm³/mol. The van der Waals surface area contributed by atoms with E-state index < -0.39 is 6.43 Å². The zero-order chi connectivity index (χ0) is 19.3. The van der Waals surface area contributed by atoms with E-state index in [0.29, 0.717) is 33.5 Å². The van der Waals surface area contributed by atoms with Crippen molar-refractivity contribution in [2.24, 2.45) is 0 Å². The zero-order valence-electron chi connectivity index (χ0n) is 14.2. The topological polar surface area (TPSA) is 111 Å². The van der Waals surface area contributed by atoms with Gasteiger partial charge in [-0.1, -0.05) is 36.4 Å². The number of hydrogen-bond acceptors (Lipinski definition) is 6. The molecule has 0 aliphatic rings. The van der Waals surface area contributed by atoms with E-state index in [1.807, 2.05) is 12.1 Å². The van der Waals surface area contributed by atoms with Crippen LogP contribution >= 0.6 is 0 Å². The Morgan fingerprint density at radius 1 is 1.04 bits per heavy atom. The first kappa shape index (κ1) is 16.2. The summed E-state index contributed by atoms with van der Waals surface area (Å²) in [6, 6.07) is 10.4. The number of aromatic amines is 1. The molecular weight excluding hydrogens is 366 g/mol. The van der Waals surface area contributed by atoms with Crippen molar-refractivity contribution in [2.45, 2.75) is 6.43 Å². The number of alkyl halides is 2. The van der Waals surface area contributed by atoms with Gasteiger partial charge in [-0.3, -0.25) is 0 Å². The molecule has 0 fully saturated rings. The first-order chi connectivity index (χ1) is 13.6. The maximum atomic E-state index is 13.8. The number of aromatic nitrogens is 7. The van der Waals surface area contributed by atoms with Gasteiger partial charge in [0.15, 0.2) is 11.5 Å². The van der Waals surface area contributed by atoms with Gasteiger partial charge in [0.2, 0.25) is 0 Å². The van der Waals surface area contributed by atoms with Crippen LogP contribution in [0, 0.1) is 0 Å². The van der Waals surface area contributed by atoms with E-state index in [1.54, 1.807) is 18.2 Å². The third kappa shape index (κ3) is 2.31. The maximum Gasteiger partial charge on any atom is 0.264 e. The monoisotopic (exact) mass is 378 g/mol. The minimum atomic E-state index is -2.66. The Balaban J connectivity index is 1.81. The van der Waals surface area contributed by atoms with Gasteiger partial charge in [0.1, 0.15) is 5.82 Å². The average Bonchev–Trinajstić information content (AvgIpc) is 3.37. The number of nitrogens with one attached hydrogen (secondary N) is 1. The van der Waals surface area contributed by atoms with Crippen molar-refractivity contribution in [1.29, 1.82) is 0 Å². The van der Waals surface area contributed by atoms with Crippen LogP contribution in [0.15, 0.2) is 48.8 Å². The summed E-state index contributed by atoms with van der Waals surface area (Å²) >= 11 is 0. The molecular formula is C18H12F2N8. The van der Waals surface area contributed by atoms with Gasteiger partial charge in [0.25, 0.3) is 6.43 Å². The van der Waals surface area contributed by atoms with Crippen LogP contribution < -0.4 is 5.73 Å². The van der Waals surface area contributed by atoms with Gasteiger partial charge >= 0.3 is 0 Å². The Bertz CT molecular complexity index is 1310. The Hall–Kier alpha value is -3.95. The standard InChI is InChI=1S/C18H12F2N8/c19-15(20)11-6-5-9-3-1-2-4-10(9)14(11)12-7-22-18-13(17-24-26-27-25-17)8-23-28(18)16(12)21/h1-8,15H,21H2,(H,24,25,26,27). The van der Waals surface area contributed by atoms with Crippen LogP contribution in [0.25, 0.3) is 38.9 Å². The average molecular weight is 378 g/mol. The van der Waals surface area contributed by atoms with Gasteiger partial charge in [0, 0.05) is 22.9 Å². The molecule has 3 aromatic heterocycles. The third-order valence-electron chi connectivity index (χ3n) is 4.63. The lowest BCUT2D eigenvalue weighted by Crippen LogP contribution is -2.04. The molecule has 0 radical (unpaired) electrons. The lowest BCUT2D eigenvalue weighted by atomic mass is 9.94. The number of hydrogen-bond donors (Lipinski definition) is 2. The molecule has 0 atom stereocenters. The number of fused-ring (bicyclic) bond motifs is 2. The molecule has 5 aromatic rings. The number of nitrogens with zero attached hydrogens (tertiary/aromatic N) is 6. The quantitative estimate of drug-likeness (QED) is 0.499. The van der Waals surface area contributed by atoms with Crippen molar-refractivity contribution in [3.8, 4) is 22.5 Å². The summed E-state index contributed by atoms with van der Waals surface area (Å²) in [6.45, 7) is 0. The molecule has 8 nitrogen and oxygen atoms in total.